The minimum absolute atomic E-state index is 0.356. The molecule has 1 aromatic rings. The summed E-state index contributed by atoms with van der Waals surface area (Å²) in [5.41, 5.74) is -0.135. The molecule has 0 aliphatic carbocycles. The fourth-order valence-corrected chi connectivity index (χ4v) is 2.12. The lowest BCUT2D eigenvalue weighted by atomic mass is 10.1. The van der Waals surface area contributed by atoms with Crippen LogP contribution in [0.4, 0.5) is 10.5 Å². The molecule has 0 aliphatic rings. The van der Waals surface area contributed by atoms with E-state index in [1.165, 1.54) is 0 Å². The van der Waals surface area contributed by atoms with Crippen molar-refractivity contribution >= 4 is 34.4 Å². The average Bonchev–Trinajstić information content (AvgIpc) is 2.16. The van der Waals surface area contributed by atoms with Crippen LogP contribution in [0.25, 0.3) is 0 Å². The lowest BCUT2D eigenvalue weighted by Gasteiger charge is -2.37. The fraction of sp³-hybridized carbons (Fsp3) is 0.571. The quantitative estimate of drug-likeness (QED) is 0.689. The standard InChI is InChI=1S/C14H21IN2O2/c1-13(2,3)17(12(18)19-14(4,5)6)11-9-16-8-7-10(11)15/h7-9H,1-6H3. The maximum Gasteiger partial charge on any atom is 0.415 e. The summed E-state index contributed by atoms with van der Waals surface area (Å²) >= 11 is 2.20. The van der Waals surface area contributed by atoms with Crippen molar-refractivity contribution in [2.75, 3.05) is 4.90 Å². The van der Waals surface area contributed by atoms with Gasteiger partial charge in [-0.3, -0.25) is 9.88 Å². The van der Waals surface area contributed by atoms with Gasteiger partial charge in [-0.25, -0.2) is 4.79 Å². The lowest BCUT2D eigenvalue weighted by Crippen LogP contribution is -2.48. The van der Waals surface area contributed by atoms with Crippen LogP contribution in [0.5, 0.6) is 0 Å². The highest BCUT2D eigenvalue weighted by Gasteiger charge is 2.33. The smallest absolute Gasteiger partial charge is 0.415 e. The number of aromatic nitrogens is 1. The van der Waals surface area contributed by atoms with Gasteiger partial charge in [0.15, 0.2) is 0 Å². The van der Waals surface area contributed by atoms with Crippen LogP contribution in [0, 0.1) is 3.57 Å². The third-order valence-electron chi connectivity index (χ3n) is 2.24. The first-order valence-electron chi connectivity index (χ1n) is 6.15. The predicted molar refractivity (Wildman–Crippen MR) is 85.4 cm³/mol. The lowest BCUT2D eigenvalue weighted by molar-refractivity contribution is 0.0550. The third kappa shape index (κ3) is 4.63. The number of anilines is 1. The van der Waals surface area contributed by atoms with Crippen molar-refractivity contribution in [2.24, 2.45) is 0 Å². The Balaban J connectivity index is 3.18. The van der Waals surface area contributed by atoms with Gasteiger partial charge in [0, 0.05) is 15.3 Å². The molecule has 106 valence electrons. The Hall–Kier alpha value is -0.850. The zero-order valence-corrected chi connectivity index (χ0v) is 14.5. The van der Waals surface area contributed by atoms with E-state index in [9.17, 15) is 4.79 Å². The van der Waals surface area contributed by atoms with Gasteiger partial charge in [0.1, 0.15) is 5.60 Å². The van der Waals surface area contributed by atoms with E-state index in [1.807, 2.05) is 47.6 Å². The van der Waals surface area contributed by atoms with E-state index in [0.29, 0.717) is 0 Å². The summed E-state index contributed by atoms with van der Waals surface area (Å²) in [6.07, 6.45) is 3.05. The molecule has 5 heteroatoms. The Morgan fingerprint density at radius 1 is 1.26 bits per heavy atom. The monoisotopic (exact) mass is 376 g/mol. The minimum atomic E-state index is -0.520. The molecule has 1 heterocycles. The van der Waals surface area contributed by atoms with Gasteiger partial charge in [-0.1, -0.05) is 0 Å². The topological polar surface area (TPSA) is 42.4 Å². The van der Waals surface area contributed by atoms with Crippen LogP contribution in [-0.4, -0.2) is 22.2 Å². The molecule has 0 bridgehead atoms. The Morgan fingerprint density at radius 3 is 2.26 bits per heavy atom. The summed E-state index contributed by atoms with van der Waals surface area (Å²) in [4.78, 5) is 18.2. The molecule has 0 N–H and O–H groups in total. The first-order chi connectivity index (χ1) is 8.52. The zero-order valence-electron chi connectivity index (χ0n) is 12.3. The first-order valence-corrected chi connectivity index (χ1v) is 7.23. The molecule has 19 heavy (non-hydrogen) atoms. The highest BCUT2D eigenvalue weighted by atomic mass is 127. The van der Waals surface area contributed by atoms with Gasteiger partial charge in [-0.2, -0.15) is 0 Å². The normalized spacial score (nSPS) is 12.2. The highest BCUT2D eigenvalue weighted by molar-refractivity contribution is 14.1. The minimum Gasteiger partial charge on any atom is -0.443 e. The van der Waals surface area contributed by atoms with Crippen LogP contribution in [0.15, 0.2) is 18.5 Å². The van der Waals surface area contributed by atoms with Crippen molar-refractivity contribution in [3.63, 3.8) is 0 Å². The molecule has 4 nitrogen and oxygen atoms in total. The molecule has 0 atom stereocenters. The van der Waals surface area contributed by atoms with E-state index in [4.69, 9.17) is 4.74 Å². The summed E-state index contributed by atoms with van der Waals surface area (Å²) in [5, 5.41) is 0. The van der Waals surface area contributed by atoms with Gasteiger partial charge in [0.2, 0.25) is 0 Å². The largest absolute Gasteiger partial charge is 0.443 e. The molecule has 0 saturated carbocycles. The maximum absolute atomic E-state index is 12.4. The number of ether oxygens (including phenoxy) is 1. The predicted octanol–water partition coefficient (Wildman–Crippen LogP) is 4.23. The van der Waals surface area contributed by atoms with Crippen molar-refractivity contribution in [1.82, 2.24) is 4.98 Å². The molecule has 0 radical (unpaired) electrons. The van der Waals surface area contributed by atoms with Crippen LogP contribution < -0.4 is 4.90 Å². The summed E-state index contributed by atoms with van der Waals surface area (Å²) in [5.74, 6) is 0. The molecule has 0 unspecified atom stereocenters. The number of nitrogens with zero attached hydrogens (tertiary/aromatic N) is 2. The summed E-state index contributed by atoms with van der Waals surface area (Å²) < 4.78 is 6.46. The van der Waals surface area contributed by atoms with Crippen LogP contribution in [-0.2, 0) is 4.74 Å². The summed E-state index contributed by atoms with van der Waals surface area (Å²) in [6, 6.07) is 1.87. The van der Waals surface area contributed by atoms with E-state index < -0.39 is 5.60 Å². The van der Waals surface area contributed by atoms with E-state index in [0.717, 1.165) is 9.26 Å². The van der Waals surface area contributed by atoms with Crippen molar-refractivity contribution in [1.29, 1.82) is 0 Å². The molecule has 0 spiro atoms. The number of hydrogen-bond donors (Lipinski definition) is 0. The Morgan fingerprint density at radius 2 is 1.84 bits per heavy atom. The Bertz CT molecular complexity index is 461. The van der Waals surface area contributed by atoms with E-state index >= 15 is 0 Å². The van der Waals surface area contributed by atoms with Crippen LogP contribution >= 0.6 is 22.6 Å². The molecule has 1 amide bonds. The number of halogens is 1. The molecule has 1 rings (SSSR count). The van der Waals surface area contributed by atoms with Crippen LogP contribution in [0.2, 0.25) is 0 Å². The van der Waals surface area contributed by atoms with Crippen molar-refractivity contribution in [2.45, 2.75) is 52.7 Å². The van der Waals surface area contributed by atoms with Crippen LogP contribution in [0.3, 0.4) is 0 Å². The maximum atomic E-state index is 12.4. The number of carbonyl (C=O) groups excluding carboxylic acids is 1. The van der Waals surface area contributed by atoms with Gasteiger partial charge in [0.05, 0.1) is 11.9 Å². The molecule has 1 aromatic heterocycles. The molecular formula is C14H21IN2O2. The second-order valence-electron chi connectivity index (χ2n) is 6.31. The van der Waals surface area contributed by atoms with Gasteiger partial charge in [-0.05, 0) is 70.2 Å². The fourth-order valence-electron chi connectivity index (χ4n) is 1.57. The number of hydrogen-bond acceptors (Lipinski definition) is 3. The van der Waals surface area contributed by atoms with Gasteiger partial charge >= 0.3 is 6.09 Å². The third-order valence-corrected chi connectivity index (χ3v) is 3.15. The molecule has 0 fully saturated rings. The average molecular weight is 376 g/mol. The molecule has 0 aliphatic heterocycles. The van der Waals surface area contributed by atoms with Gasteiger partial charge < -0.3 is 4.74 Å². The van der Waals surface area contributed by atoms with Crippen LogP contribution in [0.1, 0.15) is 41.5 Å². The second-order valence-corrected chi connectivity index (χ2v) is 7.48. The van der Waals surface area contributed by atoms with E-state index in [2.05, 4.69) is 27.6 Å². The molecular weight excluding hydrogens is 355 g/mol. The molecule has 0 aromatic carbocycles. The van der Waals surface area contributed by atoms with Crippen molar-refractivity contribution < 1.29 is 9.53 Å². The van der Waals surface area contributed by atoms with Gasteiger partial charge in [0.25, 0.3) is 0 Å². The number of pyridine rings is 1. The SMILES string of the molecule is CC(C)(C)OC(=O)N(c1cnccc1I)C(C)(C)C. The number of rotatable bonds is 1. The zero-order chi connectivity index (χ0) is 14.8. The summed E-state index contributed by atoms with van der Waals surface area (Å²) in [6.45, 7) is 11.5. The van der Waals surface area contributed by atoms with Crippen molar-refractivity contribution in [3.05, 3.63) is 22.0 Å². The Labute approximate surface area is 128 Å². The first kappa shape index (κ1) is 16.2. The highest BCUT2D eigenvalue weighted by Crippen LogP contribution is 2.29. The van der Waals surface area contributed by atoms with E-state index in [-0.39, 0.29) is 11.6 Å². The number of carbonyl (C=O) groups is 1. The Kier molecular flexibility index (Phi) is 4.81. The molecule has 0 saturated heterocycles. The van der Waals surface area contributed by atoms with Gasteiger partial charge in [-0.15, -0.1) is 0 Å². The summed E-state index contributed by atoms with van der Waals surface area (Å²) in [7, 11) is 0. The number of amides is 1. The second kappa shape index (κ2) is 5.64. The van der Waals surface area contributed by atoms with Crippen molar-refractivity contribution in [3.8, 4) is 0 Å². The van der Waals surface area contributed by atoms with E-state index in [1.54, 1.807) is 17.3 Å².